The number of methoxy groups -OCH3 is 1. The monoisotopic (exact) mass is 184 g/mol. The van der Waals surface area contributed by atoms with Crippen molar-refractivity contribution in [3.8, 4) is 5.88 Å². The highest BCUT2D eigenvalue weighted by Gasteiger charge is 2.14. The number of hydrogen-bond donors (Lipinski definition) is 0. The van der Waals surface area contributed by atoms with Crippen molar-refractivity contribution in [1.29, 1.82) is 0 Å². The first kappa shape index (κ1) is 9.57. The van der Waals surface area contributed by atoms with Crippen LogP contribution in [0.15, 0.2) is 6.20 Å². The molecule has 13 heavy (non-hydrogen) atoms. The summed E-state index contributed by atoms with van der Waals surface area (Å²) in [7, 11) is 3.21. The minimum absolute atomic E-state index is 0.249. The second-order valence-electron chi connectivity index (χ2n) is 2.44. The summed E-state index contributed by atoms with van der Waals surface area (Å²) >= 11 is 0. The topological polar surface area (TPSA) is 53.4 Å². The van der Waals surface area contributed by atoms with E-state index in [0.717, 1.165) is 0 Å². The lowest BCUT2D eigenvalue weighted by Gasteiger charge is -1.99. The van der Waals surface area contributed by atoms with Crippen molar-refractivity contribution < 1.29 is 14.3 Å². The molecule has 0 aliphatic rings. The van der Waals surface area contributed by atoms with Crippen LogP contribution in [0.2, 0.25) is 0 Å². The molecule has 0 radical (unpaired) electrons. The van der Waals surface area contributed by atoms with Gasteiger partial charge in [0.15, 0.2) is 0 Å². The molecule has 0 fully saturated rings. The van der Waals surface area contributed by atoms with E-state index in [-0.39, 0.29) is 5.82 Å². The molecular formula is C8H12N2O3. The van der Waals surface area contributed by atoms with Crippen LogP contribution in [-0.4, -0.2) is 29.2 Å². The number of imidazole rings is 1. The minimum atomic E-state index is -0.437. The van der Waals surface area contributed by atoms with E-state index >= 15 is 0 Å². The Labute approximate surface area is 76.3 Å². The van der Waals surface area contributed by atoms with Crippen molar-refractivity contribution in [3.63, 3.8) is 0 Å². The summed E-state index contributed by atoms with van der Waals surface area (Å²) in [5.74, 6) is 0.220. The van der Waals surface area contributed by atoms with Gasteiger partial charge in [-0.15, -0.1) is 0 Å². The Kier molecular flexibility index (Phi) is 2.89. The molecule has 72 valence electrons. The number of nitrogens with zero attached hydrogens (tertiary/aromatic N) is 2. The number of carbonyl (C=O) groups is 1. The zero-order valence-corrected chi connectivity index (χ0v) is 7.90. The molecule has 0 saturated heterocycles. The summed E-state index contributed by atoms with van der Waals surface area (Å²) in [6, 6.07) is 0. The molecule has 0 atom stereocenters. The van der Waals surface area contributed by atoms with E-state index in [1.165, 1.54) is 7.11 Å². The largest absolute Gasteiger partial charge is 0.480 e. The molecule has 1 aromatic rings. The summed E-state index contributed by atoms with van der Waals surface area (Å²) in [6.07, 6.45) is 1.62. The van der Waals surface area contributed by atoms with Crippen LogP contribution in [0, 0.1) is 0 Å². The molecule has 0 saturated carbocycles. The van der Waals surface area contributed by atoms with Gasteiger partial charge in [-0.05, 0) is 6.92 Å². The van der Waals surface area contributed by atoms with Gasteiger partial charge in [-0.2, -0.15) is 4.98 Å². The lowest BCUT2D eigenvalue weighted by Crippen LogP contribution is -2.10. The second-order valence-corrected chi connectivity index (χ2v) is 2.44. The van der Waals surface area contributed by atoms with E-state index in [1.54, 1.807) is 24.7 Å². The second kappa shape index (κ2) is 3.93. The van der Waals surface area contributed by atoms with Gasteiger partial charge < -0.3 is 14.0 Å². The van der Waals surface area contributed by atoms with Gasteiger partial charge in [0, 0.05) is 7.05 Å². The first-order valence-corrected chi connectivity index (χ1v) is 3.93. The zero-order valence-electron chi connectivity index (χ0n) is 7.90. The molecular weight excluding hydrogens is 172 g/mol. The third-order valence-electron chi connectivity index (χ3n) is 1.52. The predicted molar refractivity (Wildman–Crippen MR) is 45.7 cm³/mol. The van der Waals surface area contributed by atoms with Crippen molar-refractivity contribution in [2.24, 2.45) is 7.05 Å². The number of carbonyl (C=O) groups excluding carboxylic acids is 1. The molecule has 0 aliphatic heterocycles. The Balaban J connectivity index is 2.87. The number of aromatic nitrogens is 2. The molecule has 0 spiro atoms. The summed E-state index contributed by atoms with van der Waals surface area (Å²) in [6.45, 7) is 2.09. The predicted octanol–water partition coefficient (Wildman–Crippen LogP) is 0.605. The van der Waals surface area contributed by atoms with E-state index in [9.17, 15) is 4.79 Å². The lowest BCUT2D eigenvalue weighted by atomic mass is 10.6. The number of ether oxygens (including phenoxy) is 2. The molecule has 0 amide bonds. The Morgan fingerprint density at radius 1 is 1.69 bits per heavy atom. The average Bonchev–Trinajstić information content (AvgIpc) is 2.47. The van der Waals surface area contributed by atoms with Crippen molar-refractivity contribution in [3.05, 3.63) is 12.0 Å². The third kappa shape index (κ3) is 1.99. The van der Waals surface area contributed by atoms with E-state index < -0.39 is 5.97 Å². The van der Waals surface area contributed by atoms with Gasteiger partial charge in [0.25, 0.3) is 0 Å². The van der Waals surface area contributed by atoms with Crippen LogP contribution in [0.3, 0.4) is 0 Å². The quantitative estimate of drug-likeness (QED) is 0.646. The summed E-state index contributed by atoms with van der Waals surface area (Å²) in [5, 5.41) is 0. The van der Waals surface area contributed by atoms with Crippen molar-refractivity contribution in [1.82, 2.24) is 9.55 Å². The summed E-state index contributed by atoms with van der Waals surface area (Å²) in [5.41, 5.74) is 0. The van der Waals surface area contributed by atoms with E-state index in [1.807, 2.05) is 0 Å². The van der Waals surface area contributed by atoms with Gasteiger partial charge in [-0.1, -0.05) is 0 Å². The Bertz CT molecular complexity index is 306. The van der Waals surface area contributed by atoms with Crippen LogP contribution >= 0.6 is 0 Å². The maximum absolute atomic E-state index is 11.2. The highest BCUT2D eigenvalue weighted by atomic mass is 16.5. The fraction of sp³-hybridized carbons (Fsp3) is 0.500. The van der Waals surface area contributed by atoms with Crippen molar-refractivity contribution >= 4 is 5.97 Å². The van der Waals surface area contributed by atoms with Gasteiger partial charge in [-0.25, -0.2) is 4.79 Å². The van der Waals surface area contributed by atoms with E-state index in [0.29, 0.717) is 12.5 Å². The van der Waals surface area contributed by atoms with Gasteiger partial charge in [0.2, 0.25) is 11.7 Å². The van der Waals surface area contributed by atoms with Gasteiger partial charge in [0.1, 0.15) is 0 Å². The molecule has 0 aliphatic carbocycles. The number of rotatable bonds is 3. The fourth-order valence-corrected chi connectivity index (χ4v) is 0.923. The molecule has 0 N–H and O–H groups in total. The highest BCUT2D eigenvalue weighted by molar-refractivity contribution is 5.85. The number of hydrogen-bond acceptors (Lipinski definition) is 4. The maximum atomic E-state index is 11.2. The minimum Gasteiger partial charge on any atom is -0.480 e. The molecule has 5 heteroatoms. The third-order valence-corrected chi connectivity index (χ3v) is 1.52. The van der Waals surface area contributed by atoms with Crippen LogP contribution < -0.4 is 4.74 Å². The Hall–Kier alpha value is -1.52. The van der Waals surface area contributed by atoms with E-state index in [2.05, 4.69) is 4.98 Å². The van der Waals surface area contributed by atoms with Crippen LogP contribution in [0.1, 0.15) is 17.5 Å². The van der Waals surface area contributed by atoms with E-state index in [4.69, 9.17) is 9.47 Å². The molecule has 0 unspecified atom stereocenters. The Morgan fingerprint density at radius 2 is 2.38 bits per heavy atom. The molecule has 0 aromatic carbocycles. The highest BCUT2D eigenvalue weighted by Crippen LogP contribution is 2.09. The molecule has 1 rings (SSSR count). The average molecular weight is 184 g/mol. The maximum Gasteiger partial charge on any atom is 0.374 e. The molecule has 0 bridgehead atoms. The number of esters is 1. The first-order valence-electron chi connectivity index (χ1n) is 3.93. The van der Waals surface area contributed by atoms with Gasteiger partial charge >= 0.3 is 5.97 Å². The molecule has 1 aromatic heterocycles. The fourth-order valence-electron chi connectivity index (χ4n) is 0.923. The van der Waals surface area contributed by atoms with Crippen LogP contribution in [0.4, 0.5) is 0 Å². The van der Waals surface area contributed by atoms with Crippen molar-refractivity contribution in [2.75, 3.05) is 13.7 Å². The summed E-state index contributed by atoms with van der Waals surface area (Å²) in [4.78, 5) is 15.1. The number of aryl methyl sites for hydroxylation is 1. The molecule has 1 heterocycles. The smallest absolute Gasteiger partial charge is 0.374 e. The zero-order chi connectivity index (χ0) is 9.84. The Morgan fingerprint density at radius 3 is 2.85 bits per heavy atom. The van der Waals surface area contributed by atoms with Gasteiger partial charge in [-0.3, -0.25) is 0 Å². The normalized spacial score (nSPS) is 9.77. The first-order chi connectivity index (χ1) is 6.19. The molecule has 5 nitrogen and oxygen atoms in total. The SMILES string of the molecule is CCOC(=O)c1nc(OC)cn1C. The standard InChI is InChI=1S/C8H12N2O3/c1-4-13-8(11)7-9-6(12-3)5-10(7)2/h5H,4H2,1-3H3. The van der Waals surface area contributed by atoms with Crippen LogP contribution in [0.25, 0.3) is 0 Å². The van der Waals surface area contributed by atoms with Crippen LogP contribution in [0.5, 0.6) is 5.88 Å². The van der Waals surface area contributed by atoms with Crippen molar-refractivity contribution in [2.45, 2.75) is 6.92 Å². The lowest BCUT2D eigenvalue weighted by molar-refractivity contribution is 0.0507. The summed E-state index contributed by atoms with van der Waals surface area (Å²) < 4.78 is 11.2. The van der Waals surface area contributed by atoms with Crippen LogP contribution in [-0.2, 0) is 11.8 Å². The van der Waals surface area contributed by atoms with Gasteiger partial charge in [0.05, 0.1) is 19.9 Å².